The molecule has 3 N–H and O–H groups in total. The van der Waals surface area contributed by atoms with E-state index in [4.69, 9.17) is 10.5 Å². The Bertz CT molecular complexity index is 1050. The lowest BCUT2D eigenvalue weighted by Crippen LogP contribution is -2.45. The van der Waals surface area contributed by atoms with E-state index in [2.05, 4.69) is 5.32 Å². The molecular weight excluding hydrogens is 492 g/mol. The summed E-state index contributed by atoms with van der Waals surface area (Å²) in [7, 11) is 0. The van der Waals surface area contributed by atoms with Crippen molar-refractivity contribution in [3.05, 3.63) is 34.9 Å². The first kappa shape index (κ1) is 28.5. The largest absolute Gasteiger partial charge is 0.460 e. The Morgan fingerprint density at radius 1 is 1.21 bits per heavy atom. The van der Waals surface area contributed by atoms with Crippen LogP contribution in [0.15, 0.2) is 18.2 Å². The summed E-state index contributed by atoms with van der Waals surface area (Å²) >= 11 is 0. The summed E-state index contributed by atoms with van der Waals surface area (Å²) < 4.78 is 32.8. The number of esters is 1. The van der Waals surface area contributed by atoms with E-state index in [1.807, 2.05) is 18.2 Å². The van der Waals surface area contributed by atoms with Gasteiger partial charge < -0.3 is 20.7 Å². The SMILES string of the molecule is CC(C)(C)OC(=O)CCC(C(N)=O)N1Cc2cc(C[C@H]3CCCC[C@H]3N[C@@H]3CCC(F)(F)C3)ccc2C1=O. The number of rotatable bonds is 9. The van der Waals surface area contributed by atoms with Crippen LogP contribution < -0.4 is 11.1 Å². The first-order valence-electron chi connectivity index (χ1n) is 13.9. The number of hydrogen-bond donors (Lipinski definition) is 2. The quantitative estimate of drug-likeness (QED) is 0.455. The number of halogens is 2. The fraction of sp³-hybridized carbons (Fsp3) is 0.690. The zero-order valence-electron chi connectivity index (χ0n) is 22.7. The van der Waals surface area contributed by atoms with Crippen molar-refractivity contribution in [3.8, 4) is 0 Å². The molecule has 0 radical (unpaired) electrons. The van der Waals surface area contributed by atoms with Gasteiger partial charge in [0.15, 0.2) is 0 Å². The lowest BCUT2D eigenvalue weighted by Gasteiger charge is -2.34. The molecule has 2 aliphatic carbocycles. The van der Waals surface area contributed by atoms with Gasteiger partial charge in [-0.05, 0) is 76.0 Å². The molecule has 1 unspecified atom stereocenters. The Morgan fingerprint density at radius 3 is 2.61 bits per heavy atom. The van der Waals surface area contributed by atoms with E-state index in [-0.39, 0.29) is 50.2 Å². The van der Waals surface area contributed by atoms with E-state index >= 15 is 0 Å². The Labute approximate surface area is 223 Å². The lowest BCUT2D eigenvalue weighted by atomic mass is 9.80. The average molecular weight is 534 g/mol. The molecule has 2 amide bonds. The third-order valence-corrected chi connectivity index (χ3v) is 8.01. The van der Waals surface area contributed by atoms with Crippen molar-refractivity contribution in [1.29, 1.82) is 0 Å². The molecule has 4 atom stereocenters. The molecule has 0 bridgehead atoms. The number of fused-ring (bicyclic) bond motifs is 1. The highest BCUT2D eigenvalue weighted by atomic mass is 19.3. The number of benzene rings is 1. The molecular formula is C29H41F2N3O4. The number of nitrogens with one attached hydrogen (secondary N) is 1. The second kappa shape index (κ2) is 11.3. The number of carbonyl (C=O) groups is 3. The van der Waals surface area contributed by atoms with E-state index in [1.165, 1.54) is 4.90 Å². The summed E-state index contributed by atoms with van der Waals surface area (Å²) in [6.45, 7) is 5.57. The van der Waals surface area contributed by atoms with Crippen LogP contribution in [-0.4, -0.2) is 52.3 Å². The molecule has 1 heterocycles. The molecule has 7 nitrogen and oxygen atoms in total. The van der Waals surface area contributed by atoms with Crippen LogP contribution in [0.3, 0.4) is 0 Å². The predicted molar refractivity (Wildman–Crippen MR) is 140 cm³/mol. The number of amides is 2. The summed E-state index contributed by atoms with van der Waals surface area (Å²) in [5, 5.41) is 3.54. The maximum absolute atomic E-state index is 13.7. The summed E-state index contributed by atoms with van der Waals surface area (Å²) in [5.74, 6) is -3.57. The van der Waals surface area contributed by atoms with Crippen LogP contribution in [0.1, 0.15) is 100 Å². The summed E-state index contributed by atoms with van der Waals surface area (Å²) in [6, 6.07) is 4.96. The van der Waals surface area contributed by atoms with Crippen molar-refractivity contribution >= 4 is 17.8 Å². The van der Waals surface area contributed by atoms with Crippen molar-refractivity contribution in [2.45, 2.75) is 121 Å². The van der Waals surface area contributed by atoms with E-state index in [9.17, 15) is 23.2 Å². The van der Waals surface area contributed by atoms with Crippen LogP contribution >= 0.6 is 0 Å². The highest BCUT2D eigenvalue weighted by Gasteiger charge is 2.41. The van der Waals surface area contributed by atoms with Crippen molar-refractivity contribution in [2.75, 3.05) is 0 Å². The minimum atomic E-state index is -2.56. The number of nitrogens with two attached hydrogens (primary N) is 1. The predicted octanol–water partition coefficient (Wildman–Crippen LogP) is 4.50. The summed E-state index contributed by atoms with van der Waals surface area (Å²) in [4.78, 5) is 39.0. The standard InChI is InChI=1S/C29H41F2N3O4/c1-28(2,3)38-25(35)11-10-24(26(32)36)34-17-20-15-18(8-9-22(20)27(34)37)14-19-6-4-5-7-23(19)33-21-12-13-29(30,31)16-21/h8-9,15,19,21,23-24,33H,4-7,10-14,16-17H2,1-3H3,(H2,32,36)/t19-,21-,23-,24?/m1/s1. The number of carbonyl (C=O) groups excluding carboxylic acids is 3. The van der Waals surface area contributed by atoms with Crippen molar-refractivity contribution in [1.82, 2.24) is 10.2 Å². The molecule has 1 aromatic carbocycles. The van der Waals surface area contributed by atoms with Gasteiger partial charge >= 0.3 is 5.97 Å². The van der Waals surface area contributed by atoms with Gasteiger partial charge in [-0.15, -0.1) is 0 Å². The van der Waals surface area contributed by atoms with Crippen LogP contribution in [0.5, 0.6) is 0 Å². The molecule has 9 heteroatoms. The van der Waals surface area contributed by atoms with Gasteiger partial charge in [0.25, 0.3) is 5.91 Å². The van der Waals surface area contributed by atoms with E-state index in [1.54, 1.807) is 20.8 Å². The third-order valence-electron chi connectivity index (χ3n) is 8.01. The molecule has 1 aromatic rings. The lowest BCUT2D eigenvalue weighted by molar-refractivity contribution is -0.155. The number of nitrogens with zero attached hydrogens (tertiary/aromatic N) is 1. The zero-order chi connectivity index (χ0) is 27.7. The molecule has 0 saturated heterocycles. The normalized spacial score (nSPS) is 25.8. The average Bonchev–Trinajstić information content (AvgIpc) is 3.32. The number of ether oxygens (including phenoxy) is 1. The van der Waals surface area contributed by atoms with Gasteiger partial charge in [-0.25, -0.2) is 8.78 Å². The molecule has 2 saturated carbocycles. The highest BCUT2D eigenvalue weighted by molar-refractivity contribution is 6.01. The van der Waals surface area contributed by atoms with Gasteiger partial charge in [0.1, 0.15) is 11.6 Å². The molecule has 0 spiro atoms. The van der Waals surface area contributed by atoms with Gasteiger partial charge in [0.05, 0.1) is 0 Å². The van der Waals surface area contributed by atoms with E-state index in [0.29, 0.717) is 17.9 Å². The monoisotopic (exact) mass is 533 g/mol. The number of primary amides is 1. The van der Waals surface area contributed by atoms with Gasteiger partial charge in [-0.3, -0.25) is 14.4 Å². The molecule has 2 fully saturated rings. The maximum atomic E-state index is 13.7. The highest BCUT2D eigenvalue weighted by Crippen LogP contribution is 2.37. The maximum Gasteiger partial charge on any atom is 0.306 e. The molecule has 38 heavy (non-hydrogen) atoms. The number of alkyl halides is 2. The van der Waals surface area contributed by atoms with Crippen LogP contribution in [0, 0.1) is 5.92 Å². The molecule has 0 aromatic heterocycles. The first-order chi connectivity index (χ1) is 17.8. The second-order valence-electron chi connectivity index (χ2n) is 12.3. The molecule has 210 valence electrons. The Morgan fingerprint density at radius 2 is 1.95 bits per heavy atom. The van der Waals surface area contributed by atoms with Crippen LogP contribution in [0.25, 0.3) is 0 Å². The topological polar surface area (TPSA) is 102 Å². The number of hydrogen-bond acceptors (Lipinski definition) is 5. The van der Waals surface area contributed by atoms with Crippen LogP contribution in [-0.2, 0) is 27.3 Å². The fourth-order valence-corrected chi connectivity index (χ4v) is 6.24. The van der Waals surface area contributed by atoms with Gasteiger partial charge in [0.2, 0.25) is 11.8 Å². The smallest absolute Gasteiger partial charge is 0.306 e. The second-order valence-corrected chi connectivity index (χ2v) is 12.3. The van der Waals surface area contributed by atoms with Crippen LogP contribution in [0.4, 0.5) is 8.78 Å². The fourth-order valence-electron chi connectivity index (χ4n) is 6.24. The van der Waals surface area contributed by atoms with Gasteiger partial charge in [-0.1, -0.05) is 25.0 Å². The van der Waals surface area contributed by atoms with Crippen molar-refractivity contribution in [3.63, 3.8) is 0 Å². The third kappa shape index (κ3) is 7.10. The van der Waals surface area contributed by atoms with Gasteiger partial charge in [-0.2, -0.15) is 0 Å². The van der Waals surface area contributed by atoms with E-state index in [0.717, 1.165) is 43.2 Å². The molecule has 4 rings (SSSR count). The van der Waals surface area contributed by atoms with E-state index < -0.39 is 29.4 Å². The molecule has 3 aliphatic rings. The minimum Gasteiger partial charge on any atom is -0.460 e. The Balaban J connectivity index is 1.40. The Hall–Kier alpha value is -2.55. The van der Waals surface area contributed by atoms with Crippen molar-refractivity contribution in [2.24, 2.45) is 11.7 Å². The van der Waals surface area contributed by atoms with Crippen molar-refractivity contribution < 1.29 is 27.9 Å². The molecule has 1 aliphatic heterocycles. The zero-order valence-corrected chi connectivity index (χ0v) is 22.7. The first-order valence-corrected chi connectivity index (χ1v) is 13.9. The van der Waals surface area contributed by atoms with Crippen LogP contribution in [0.2, 0.25) is 0 Å². The van der Waals surface area contributed by atoms with Gasteiger partial charge in [0, 0.05) is 43.5 Å². The summed E-state index contributed by atoms with van der Waals surface area (Å²) in [5.41, 5.74) is 7.49. The Kier molecular flexibility index (Phi) is 8.45. The summed E-state index contributed by atoms with van der Waals surface area (Å²) in [6.07, 6.45) is 5.54. The minimum absolute atomic E-state index is 0.0146.